The first-order valence-corrected chi connectivity index (χ1v) is 13.7. The highest BCUT2D eigenvalue weighted by atomic mass is 32.2. The first kappa shape index (κ1) is 26.5. The van der Waals surface area contributed by atoms with Gasteiger partial charge in [0.05, 0.1) is 39.3 Å². The summed E-state index contributed by atoms with van der Waals surface area (Å²) < 4.78 is 53.3. The summed E-state index contributed by atoms with van der Waals surface area (Å²) in [5, 5.41) is 0. The SMILES string of the molecule is CS(=O)(=O)OC[C@H]1O[C@@H](COCc2ccccc2)C(OCc2ccccc2)C1OCc1ccccc1. The van der Waals surface area contributed by atoms with Crippen LogP contribution in [0.5, 0.6) is 0 Å². The van der Waals surface area contributed by atoms with E-state index >= 15 is 0 Å². The molecule has 0 aromatic heterocycles. The largest absolute Gasteiger partial charge is 0.374 e. The number of benzene rings is 3. The molecule has 0 N–H and O–H groups in total. The molecule has 7 nitrogen and oxygen atoms in total. The lowest BCUT2D eigenvalue weighted by atomic mass is 10.1. The second-order valence-electron chi connectivity index (χ2n) is 8.72. The smallest absolute Gasteiger partial charge is 0.264 e. The Hall–Kier alpha value is -2.59. The van der Waals surface area contributed by atoms with Crippen LogP contribution in [0.15, 0.2) is 91.0 Å². The zero-order valence-electron chi connectivity index (χ0n) is 20.3. The van der Waals surface area contributed by atoms with E-state index in [1.165, 1.54) is 0 Å². The van der Waals surface area contributed by atoms with Gasteiger partial charge in [0.2, 0.25) is 0 Å². The van der Waals surface area contributed by atoms with Crippen molar-refractivity contribution in [3.8, 4) is 0 Å². The molecule has 192 valence electrons. The zero-order chi connectivity index (χ0) is 25.2. The predicted molar refractivity (Wildman–Crippen MR) is 136 cm³/mol. The summed E-state index contributed by atoms with van der Waals surface area (Å²) >= 11 is 0. The van der Waals surface area contributed by atoms with Crippen LogP contribution in [0.4, 0.5) is 0 Å². The van der Waals surface area contributed by atoms with E-state index in [2.05, 4.69) is 0 Å². The van der Waals surface area contributed by atoms with Gasteiger partial charge in [0, 0.05) is 0 Å². The van der Waals surface area contributed by atoms with Gasteiger partial charge >= 0.3 is 0 Å². The molecule has 0 bridgehead atoms. The van der Waals surface area contributed by atoms with E-state index in [-0.39, 0.29) is 13.2 Å². The maximum atomic E-state index is 11.7. The molecule has 3 aromatic rings. The fraction of sp³-hybridized carbons (Fsp3) is 0.357. The molecule has 0 amide bonds. The normalized spacial score (nSPS) is 22.0. The third-order valence-corrected chi connectivity index (χ3v) is 6.38. The monoisotopic (exact) mass is 512 g/mol. The number of ether oxygens (including phenoxy) is 4. The minimum atomic E-state index is -3.65. The van der Waals surface area contributed by atoms with Gasteiger partial charge in [0.15, 0.2) is 0 Å². The van der Waals surface area contributed by atoms with Crippen molar-refractivity contribution in [3.05, 3.63) is 108 Å². The summed E-state index contributed by atoms with van der Waals surface area (Å²) in [5.41, 5.74) is 3.05. The molecular formula is C28H32O7S. The van der Waals surface area contributed by atoms with Crippen LogP contribution in [0.2, 0.25) is 0 Å². The van der Waals surface area contributed by atoms with Crippen LogP contribution in [0.25, 0.3) is 0 Å². The lowest BCUT2D eigenvalue weighted by Gasteiger charge is -2.25. The third kappa shape index (κ3) is 8.23. The van der Waals surface area contributed by atoms with Crippen molar-refractivity contribution < 1.29 is 31.5 Å². The Bertz CT molecular complexity index is 1140. The molecule has 4 rings (SSSR count). The van der Waals surface area contributed by atoms with E-state index in [0.717, 1.165) is 22.9 Å². The Morgan fingerprint density at radius 2 is 1.06 bits per heavy atom. The highest BCUT2D eigenvalue weighted by molar-refractivity contribution is 7.85. The van der Waals surface area contributed by atoms with Crippen molar-refractivity contribution in [2.75, 3.05) is 19.5 Å². The fourth-order valence-corrected chi connectivity index (χ4v) is 4.45. The van der Waals surface area contributed by atoms with Crippen LogP contribution in [0.3, 0.4) is 0 Å². The minimum absolute atomic E-state index is 0.168. The van der Waals surface area contributed by atoms with Crippen LogP contribution in [0.1, 0.15) is 16.7 Å². The van der Waals surface area contributed by atoms with Crippen LogP contribution in [0, 0.1) is 0 Å². The molecular weight excluding hydrogens is 480 g/mol. The lowest BCUT2D eigenvalue weighted by Crippen LogP contribution is -2.40. The molecule has 0 aliphatic carbocycles. The van der Waals surface area contributed by atoms with Crippen LogP contribution in [-0.2, 0) is 53.1 Å². The molecule has 1 fully saturated rings. The third-order valence-electron chi connectivity index (χ3n) is 5.82. The van der Waals surface area contributed by atoms with Gasteiger partial charge in [0.25, 0.3) is 10.1 Å². The van der Waals surface area contributed by atoms with E-state index in [1.807, 2.05) is 91.0 Å². The Morgan fingerprint density at radius 1 is 0.639 bits per heavy atom. The molecule has 3 aromatic carbocycles. The van der Waals surface area contributed by atoms with Crippen LogP contribution >= 0.6 is 0 Å². The lowest BCUT2D eigenvalue weighted by molar-refractivity contribution is -0.0900. The van der Waals surface area contributed by atoms with Gasteiger partial charge in [-0.3, -0.25) is 4.18 Å². The van der Waals surface area contributed by atoms with E-state index < -0.39 is 34.5 Å². The number of hydrogen-bond donors (Lipinski definition) is 0. The van der Waals surface area contributed by atoms with E-state index in [0.29, 0.717) is 19.8 Å². The fourth-order valence-electron chi connectivity index (χ4n) is 4.07. The quantitative estimate of drug-likeness (QED) is 0.319. The first-order chi connectivity index (χ1) is 17.5. The predicted octanol–water partition coefficient (Wildman–Crippen LogP) is 4.12. The molecule has 36 heavy (non-hydrogen) atoms. The van der Waals surface area contributed by atoms with Gasteiger partial charge < -0.3 is 18.9 Å². The van der Waals surface area contributed by atoms with Gasteiger partial charge in [-0.25, -0.2) is 0 Å². The summed E-state index contributed by atoms with van der Waals surface area (Å²) in [4.78, 5) is 0. The average molecular weight is 513 g/mol. The molecule has 0 radical (unpaired) electrons. The van der Waals surface area contributed by atoms with E-state index in [4.69, 9.17) is 23.1 Å². The summed E-state index contributed by atoms with van der Waals surface area (Å²) in [5.74, 6) is 0. The highest BCUT2D eigenvalue weighted by Crippen LogP contribution is 2.30. The molecule has 1 heterocycles. The number of hydrogen-bond acceptors (Lipinski definition) is 7. The van der Waals surface area contributed by atoms with Crippen molar-refractivity contribution in [1.29, 1.82) is 0 Å². The Kier molecular flexibility index (Phi) is 9.63. The van der Waals surface area contributed by atoms with Gasteiger partial charge in [-0.05, 0) is 16.7 Å². The van der Waals surface area contributed by atoms with Crippen molar-refractivity contribution in [1.82, 2.24) is 0 Å². The Balaban J connectivity index is 1.49. The first-order valence-electron chi connectivity index (χ1n) is 11.9. The van der Waals surface area contributed by atoms with Gasteiger partial charge in [-0.1, -0.05) is 91.0 Å². The van der Waals surface area contributed by atoms with E-state index in [9.17, 15) is 8.42 Å². The molecule has 1 aliphatic heterocycles. The summed E-state index contributed by atoms with van der Waals surface area (Å²) in [6, 6.07) is 29.5. The van der Waals surface area contributed by atoms with Crippen LogP contribution in [-0.4, -0.2) is 52.3 Å². The zero-order valence-corrected chi connectivity index (χ0v) is 21.1. The van der Waals surface area contributed by atoms with Crippen molar-refractivity contribution in [3.63, 3.8) is 0 Å². The van der Waals surface area contributed by atoms with Crippen molar-refractivity contribution in [2.45, 2.75) is 44.2 Å². The molecule has 0 saturated carbocycles. The van der Waals surface area contributed by atoms with Gasteiger partial charge in [-0.15, -0.1) is 0 Å². The van der Waals surface area contributed by atoms with Gasteiger partial charge in [0.1, 0.15) is 24.4 Å². The van der Waals surface area contributed by atoms with Crippen molar-refractivity contribution >= 4 is 10.1 Å². The van der Waals surface area contributed by atoms with Crippen LogP contribution < -0.4 is 0 Å². The molecule has 8 heteroatoms. The molecule has 2 unspecified atom stereocenters. The molecule has 1 saturated heterocycles. The minimum Gasteiger partial charge on any atom is -0.374 e. The van der Waals surface area contributed by atoms with Crippen molar-refractivity contribution in [2.24, 2.45) is 0 Å². The maximum absolute atomic E-state index is 11.7. The maximum Gasteiger partial charge on any atom is 0.264 e. The standard InChI is InChI=1S/C28H32O7S/c1-36(29,30)34-21-26-28(33-19-24-15-9-4-10-16-24)27(32-18-23-13-7-3-8-14-23)25(35-26)20-31-17-22-11-5-2-6-12-22/h2-16,25-28H,17-21H2,1H3/t25-,26+,27?,28?/m0/s1. The van der Waals surface area contributed by atoms with E-state index in [1.54, 1.807) is 0 Å². The molecule has 1 aliphatic rings. The second-order valence-corrected chi connectivity index (χ2v) is 10.4. The summed E-state index contributed by atoms with van der Waals surface area (Å²) in [7, 11) is -3.65. The topological polar surface area (TPSA) is 80.3 Å². The number of rotatable bonds is 13. The highest BCUT2D eigenvalue weighted by Gasteiger charge is 2.47. The Morgan fingerprint density at radius 3 is 1.50 bits per heavy atom. The molecule has 0 spiro atoms. The molecule has 4 atom stereocenters. The summed E-state index contributed by atoms with van der Waals surface area (Å²) in [6.45, 7) is 1.20. The summed E-state index contributed by atoms with van der Waals surface area (Å²) in [6.07, 6.45) is -1.13. The Labute approximate surface area is 213 Å². The second kappa shape index (κ2) is 13.1. The average Bonchev–Trinajstić information content (AvgIpc) is 3.22. The van der Waals surface area contributed by atoms with Gasteiger partial charge in [-0.2, -0.15) is 8.42 Å².